The number of benzene rings is 2. The number of aryl methyl sites for hydroxylation is 2. The van der Waals surface area contributed by atoms with Gasteiger partial charge in [-0.05, 0) is 55.8 Å². The van der Waals surface area contributed by atoms with E-state index in [1.807, 2.05) is 50.2 Å². The number of anilines is 3. The topological polar surface area (TPSA) is 66.9 Å². The molecule has 0 aliphatic carbocycles. The smallest absolute Gasteiger partial charge is 0.274 e. The Hall–Kier alpha value is -2.92. The van der Waals surface area contributed by atoms with Crippen LogP contribution >= 0.6 is 11.6 Å². The van der Waals surface area contributed by atoms with Gasteiger partial charge in [-0.3, -0.25) is 4.79 Å². The summed E-state index contributed by atoms with van der Waals surface area (Å²) in [7, 11) is 0. The second-order valence-corrected chi connectivity index (χ2v) is 6.11. The molecule has 3 rings (SSSR count). The van der Waals surface area contributed by atoms with Crippen molar-refractivity contribution in [3.05, 3.63) is 76.6 Å². The highest BCUT2D eigenvalue weighted by Gasteiger charge is 2.11. The monoisotopic (exact) mass is 352 g/mol. The van der Waals surface area contributed by atoms with Gasteiger partial charge in [0.25, 0.3) is 5.91 Å². The highest BCUT2D eigenvalue weighted by molar-refractivity contribution is 6.30. The summed E-state index contributed by atoms with van der Waals surface area (Å²) in [6, 6.07) is 16.5. The predicted octanol–water partition coefficient (Wildman–Crippen LogP) is 4.74. The van der Waals surface area contributed by atoms with Crippen LogP contribution in [0.5, 0.6) is 0 Å². The van der Waals surface area contributed by atoms with Crippen LogP contribution in [-0.2, 0) is 0 Å². The van der Waals surface area contributed by atoms with E-state index in [1.54, 1.807) is 18.2 Å². The minimum atomic E-state index is -0.287. The summed E-state index contributed by atoms with van der Waals surface area (Å²) in [5, 5.41) is 6.52. The van der Waals surface area contributed by atoms with Crippen LogP contribution in [0.15, 0.2) is 54.6 Å². The van der Waals surface area contributed by atoms with Crippen molar-refractivity contribution in [1.82, 2.24) is 9.97 Å². The molecule has 6 heteroatoms. The SMILES string of the molecule is Cc1cccc(NC(=O)c2cc(C)nc(Nc3cccc(Cl)c3)n2)c1. The molecule has 126 valence electrons. The summed E-state index contributed by atoms with van der Waals surface area (Å²) in [5.41, 5.74) is 3.53. The lowest BCUT2D eigenvalue weighted by Crippen LogP contribution is -2.15. The average Bonchev–Trinajstić information content (AvgIpc) is 2.54. The first-order valence-electron chi connectivity index (χ1n) is 7.76. The van der Waals surface area contributed by atoms with Gasteiger partial charge < -0.3 is 10.6 Å². The van der Waals surface area contributed by atoms with Crippen molar-refractivity contribution >= 4 is 34.8 Å². The van der Waals surface area contributed by atoms with Gasteiger partial charge in [0.05, 0.1) is 0 Å². The Kier molecular flexibility index (Phi) is 4.95. The van der Waals surface area contributed by atoms with Crippen molar-refractivity contribution in [3.8, 4) is 0 Å². The van der Waals surface area contributed by atoms with Gasteiger partial charge in [-0.1, -0.05) is 29.8 Å². The van der Waals surface area contributed by atoms with Gasteiger partial charge in [-0.2, -0.15) is 0 Å². The Morgan fingerprint density at radius 2 is 1.72 bits per heavy atom. The molecule has 0 radical (unpaired) electrons. The zero-order valence-corrected chi connectivity index (χ0v) is 14.6. The van der Waals surface area contributed by atoms with Crippen LogP contribution in [0.2, 0.25) is 5.02 Å². The maximum atomic E-state index is 12.5. The molecule has 0 aliphatic rings. The fourth-order valence-electron chi connectivity index (χ4n) is 2.35. The Morgan fingerprint density at radius 3 is 2.48 bits per heavy atom. The third-order valence-electron chi connectivity index (χ3n) is 3.44. The van der Waals surface area contributed by atoms with Gasteiger partial charge in [0.2, 0.25) is 5.95 Å². The molecule has 2 N–H and O–H groups in total. The molecule has 25 heavy (non-hydrogen) atoms. The van der Waals surface area contributed by atoms with E-state index in [-0.39, 0.29) is 5.91 Å². The van der Waals surface area contributed by atoms with Crippen molar-refractivity contribution in [1.29, 1.82) is 0 Å². The molecule has 0 aliphatic heterocycles. The van der Waals surface area contributed by atoms with Gasteiger partial charge in [0, 0.05) is 22.1 Å². The highest BCUT2D eigenvalue weighted by atomic mass is 35.5. The van der Waals surface area contributed by atoms with Crippen LogP contribution in [0, 0.1) is 13.8 Å². The van der Waals surface area contributed by atoms with Crippen molar-refractivity contribution in [2.24, 2.45) is 0 Å². The first-order chi connectivity index (χ1) is 12.0. The van der Waals surface area contributed by atoms with Gasteiger partial charge in [-0.15, -0.1) is 0 Å². The molecular weight excluding hydrogens is 336 g/mol. The van der Waals surface area contributed by atoms with E-state index in [4.69, 9.17) is 11.6 Å². The van der Waals surface area contributed by atoms with Crippen LogP contribution in [0.4, 0.5) is 17.3 Å². The number of carbonyl (C=O) groups excluding carboxylic acids is 1. The quantitative estimate of drug-likeness (QED) is 0.711. The molecule has 1 heterocycles. The van der Waals surface area contributed by atoms with Crippen LogP contribution in [0.25, 0.3) is 0 Å². The number of carbonyl (C=O) groups is 1. The summed E-state index contributed by atoms with van der Waals surface area (Å²) >= 11 is 5.98. The number of halogens is 1. The Balaban J connectivity index is 1.82. The van der Waals surface area contributed by atoms with E-state index < -0.39 is 0 Å². The van der Waals surface area contributed by atoms with Gasteiger partial charge in [0.1, 0.15) is 5.69 Å². The van der Waals surface area contributed by atoms with Crippen LogP contribution in [0.3, 0.4) is 0 Å². The van der Waals surface area contributed by atoms with Gasteiger partial charge in [-0.25, -0.2) is 9.97 Å². The Labute approximate surface area is 151 Å². The van der Waals surface area contributed by atoms with E-state index in [1.165, 1.54) is 0 Å². The molecule has 2 aromatic carbocycles. The largest absolute Gasteiger partial charge is 0.324 e. The molecule has 0 saturated carbocycles. The lowest BCUT2D eigenvalue weighted by Gasteiger charge is -2.09. The maximum Gasteiger partial charge on any atom is 0.274 e. The van der Waals surface area contributed by atoms with Crippen molar-refractivity contribution in [2.45, 2.75) is 13.8 Å². The molecule has 0 atom stereocenters. The number of aromatic nitrogens is 2. The zero-order chi connectivity index (χ0) is 17.8. The van der Waals surface area contributed by atoms with Crippen molar-refractivity contribution < 1.29 is 4.79 Å². The number of nitrogens with one attached hydrogen (secondary N) is 2. The molecule has 5 nitrogen and oxygen atoms in total. The van der Waals surface area contributed by atoms with E-state index in [2.05, 4.69) is 20.6 Å². The molecule has 3 aromatic rings. The molecule has 1 amide bonds. The molecular formula is C19H17ClN4O. The lowest BCUT2D eigenvalue weighted by atomic mass is 10.2. The molecule has 0 fully saturated rings. The summed E-state index contributed by atoms with van der Waals surface area (Å²) in [6.45, 7) is 3.78. The van der Waals surface area contributed by atoms with Gasteiger partial charge in [0.15, 0.2) is 0 Å². The number of hydrogen-bond acceptors (Lipinski definition) is 4. The molecule has 0 saturated heterocycles. The number of hydrogen-bond donors (Lipinski definition) is 2. The number of amides is 1. The van der Waals surface area contributed by atoms with Crippen LogP contribution < -0.4 is 10.6 Å². The minimum Gasteiger partial charge on any atom is -0.324 e. The molecule has 0 bridgehead atoms. The second kappa shape index (κ2) is 7.32. The fraction of sp³-hybridized carbons (Fsp3) is 0.105. The summed E-state index contributed by atoms with van der Waals surface area (Å²) in [5.74, 6) is 0.0573. The molecule has 1 aromatic heterocycles. The van der Waals surface area contributed by atoms with Gasteiger partial charge >= 0.3 is 0 Å². The third-order valence-corrected chi connectivity index (χ3v) is 3.68. The van der Waals surface area contributed by atoms with E-state index in [0.717, 1.165) is 16.9 Å². The first kappa shape index (κ1) is 16.9. The molecule has 0 unspecified atom stereocenters. The van der Waals surface area contributed by atoms with E-state index >= 15 is 0 Å². The highest BCUT2D eigenvalue weighted by Crippen LogP contribution is 2.19. The Morgan fingerprint density at radius 1 is 0.960 bits per heavy atom. The normalized spacial score (nSPS) is 10.4. The predicted molar refractivity (Wildman–Crippen MR) is 101 cm³/mol. The first-order valence-corrected chi connectivity index (χ1v) is 8.14. The number of rotatable bonds is 4. The second-order valence-electron chi connectivity index (χ2n) is 5.68. The molecule has 0 spiro atoms. The minimum absolute atomic E-state index is 0.287. The summed E-state index contributed by atoms with van der Waals surface area (Å²) < 4.78 is 0. The lowest BCUT2D eigenvalue weighted by molar-refractivity contribution is 0.102. The van der Waals surface area contributed by atoms with Crippen LogP contribution in [-0.4, -0.2) is 15.9 Å². The zero-order valence-electron chi connectivity index (χ0n) is 13.9. The van der Waals surface area contributed by atoms with Crippen molar-refractivity contribution in [3.63, 3.8) is 0 Å². The van der Waals surface area contributed by atoms with E-state index in [0.29, 0.717) is 22.4 Å². The number of nitrogens with zero attached hydrogens (tertiary/aromatic N) is 2. The Bertz CT molecular complexity index is 927. The van der Waals surface area contributed by atoms with Crippen molar-refractivity contribution in [2.75, 3.05) is 10.6 Å². The third kappa shape index (κ3) is 4.55. The average molecular weight is 353 g/mol. The standard InChI is InChI=1S/C19H17ClN4O/c1-12-5-3-7-15(9-12)22-18(25)17-10-13(2)21-19(24-17)23-16-8-4-6-14(20)11-16/h3-11H,1-2H3,(H,22,25)(H,21,23,24). The van der Waals surface area contributed by atoms with E-state index in [9.17, 15) is 4.79 Å². The summed E-state index contributed by atoms with van der Waals surface area (Å²) in [6.07, 6.45) is 0. The fourth-order valence-corrected chi connectivity index (χ4v) is 2.54. The van der Waals surface area contributed by atoms with Crippen LogP contribution in [0.1, 0.15) is 21.7 Å². The maximum absolute atomic E-state index is 12.5. The summed E-state index contributed by atoms with van der Waals surface area (Å²) in [4.78, 5) is 21.1.